The second-order valence-electron chi connectivity index (χ2n) is 5.94. The van der Waals surface area contributed by atoms with Gasteiger partial charge in [0.25, 0.3) is 0 Å². The number of guanidine groups is 1. The van der Waals surface area contributed by atoms with Crippen LogP contribution in [0.25, 0.3) is 0 Å². The van der Waals surface area contributed by atoms with Gasteiger partial charge in [-0.2, -0.15) is 4.31 Å². The quantitative estimate of drug-likeness (QED) is 0.536. The van der Waals surface area contributed by atoms with E-state index in [1.165, 1.54) is 10.6 Å². The molecule has 0 unspecified atom stereocenters. The number of hydrogen-bond acceptors (Lipinski definition) is 5. The molecule has 0 saturated carbocycles. The molecule has 2 rings (SSSR count). The summed E-state index contributed by atoms with van der Waals surface area (Å²) in [6.07, 6.45) is 2.92. The lowest BCUT2D eigenvalue weighted by atomic mass is 10.2. The molecule has 1 aromatic rings. The molecular formula is C16H26N4O4S. The number of methoxy groups -OCH3 is 2. The van der Waals surface area contributed by atoms with Gasteiger partial charge < -0.3 is 20.5 Å². The molecule has 1 saturated heterocycles. The van der Waals surface area contributed by atoms with Crippen molar-refractivity contribution in [2.24, 2.45) is 10.7 Å². The summed E-state index contributed by atoms with van der Waals surface area (Å²) in [6.45, 7) is 1.40. The molecule has 0 amide bonds. The van der Waals surface area contributed by atoms with Gasteiger partial charge in [0.05, 0.1) is 27.0 Å². The number of nitrogens with one attached hydrogen (secondary N) is 1. The van der Waals surface area contributed by atoms with Gasteiger partial charge in [0.2, 0.25) is 10.0 Å². The van der Waals surface area contributed by atoms with Crippen molar-refractivity contribution < 1.29 is 17.9 Å². The first-order valence-electron chi connectivity index (χ1n) is 8.06. The number of sulfonamides is 1. The van der Waals surface area contributed by atoms with Crippen molar-refractivity contribution in [3.8, 4) is 11.5 Å². The van der Waals surface area contributed by atoms with Crippen LogP contribution in [-0.2, 0) is 16.6 Å². The highest BCUT2D eigenvalue weighted by atomic mass is 32.2. The van der Waals surface area contributed by atoms with Crippen molar-refractivity contribution in [1.29, 1.82) is 0 Å². The fraction of sp³-hybridized carbons (Fsp3) is 0.562. The summed E-state index contributed by atoms with van der Waals surface area (Å²) in [5, 5.41) is 3.01. The molecule has 0 bridgehead atoms. The average molecular weight is 370 g/mol. The van der Waals surface area contributed by atoms with E-state index in [-0.39, 0.29) is 12.0 Å². The van der Waals surface area contributed by atoms with Gasteiger partial charge in [-0.05, 0) is 30.5 Å². The molecule has 1 aliphatic heterocycles. The number of ether oxygens (including phenoxy) is 2. The molecule has 1 aromatic carbocycles. The highest BCUT2D eigenvalue weighted by Crippen LogP contribution is 2.27. The predicted molar refractivity (Wildman–Crippen MR) is 97.4 cm³/mol. The Morgan fingerprint density at radius 1 is 1.36 bits per heavy atom. The van der Waals surface area contributed by atoms with Crippen molar-refractivity contribution in [3.63, 3.8) is 0 Å². The third-order valence-corrected chi connectivity index (χ3v) is 5.48. The topological polar surface area (TPSA) is 106 Å². The van der Waals surface area contributed by atoms with Gasteiger partial charge in [0.1, 0.15) is 0 Å². The van der Waals surface area contributed by atoms with Crippen LogP contribution in [0.2, 0.25) is 0 Å². The van der Waals surface area contributed by atoms with Crippen LogP contribution in [0.5, 0.6) is 11.5 Å². The zero-order valence-electron chi connectivity index (χ0n) is 14.9. The van der Waals surface area contributed by atoms with Crippen LogP contribution in [0.1, 0.15) is 18.4 Å². The number of aliphatic imine (C=N–C) groups is 1. The lowest BCUT2D eigenvalue weighted by Gasteiger charge is -2.22. The highest BCUT2D eigenvalue weighted by Gasteiger charge is 2.31. The number of hydrogen-bond donors (Lipinski definition) is 2. The summed E-state index contributed by atoms with van der Waals surface area (Å²) in [7, 11) is -0.0193. The summed E-state index contributed by atoms with van der Waals surface area (Å²) >= 11 is 0. The maximum Gasteiger partial charge on any atom is 0.211 e. The predicted octanol–water partition coefficient (Wildman–Crippen LogP) is 0.532. The molecule has 0 spiro atoms. The minimum atomic E-state index is -3.18. The van der Waals surface area contributed by atoms with Gasteiger partial charge in [-0.25, -0.2) is 13.4 Å². The maximum atomic E-state index is 11.7. The molecule has 1 heterocycles. The summed E-state index contributed by atoms with van der Waals surface area (Å²) < 4.78 is 35.4. The Kier molecular flexibility index (Phi) is 6.49. The minimum absolute atomic E-state index is 0.0789. The van der Waals surface area contributed by atoms with Crippen LogP contribution in [-0.4, -0.2) is 58.3 Å². The first-order valence-corrected chi connectivity index (χ1v) is 9.91. The van der Waals surface area contributed by atoms with E-state index in [1.54, 1.807) is 14.2 Å². The number of nitrogens with zero attached hydrogens (tertiary/aromatic N) is 2. The smallest absolute Gasteiger partial charge is 0.211 e. The fourth-order valence-electron chi connectivity index (χ4n) is 2.88. The second-order valence-corrected chi connectivity index (χ2v) is 7.88. The van der Waals surface area contributed by atoms with E-state index in [9.17, 15) is 8.42 Å². The van der Waals surface area contributed by atoms with Crippen molar-refractivity contribution in [2.75, 3.05) is 33.6 Å². The zero-order chi connectivity index (χ0) is 18.4. The molecule has 1 fully saturated rings. The summed E-state index contributed by atoms with van der Waals surface area (Å²) in [5.41, 5.74) is 6.83. The van der Waals surface area contributed by atoms with Gasteiger partial charge in [0.15, 0.2) is 17.5 Å². The van der Waals surface area contributed by atoms with Crippen molar-refractivity contribution >= 4 is 16.0 Å². The van der Waals surface area contributed by atoms with Gasteiger partial charge >= 0.3 is 0 Å². The van der Waals surface area contributed by atoms with E-state index >= 15 is 0 Å². The molecule has 140 valence electrons. The van der Waals surface area contributed by atoms with Crippen molar-refractivity contribution in [1.82, 2.24) is 9.62 Å². The van der Waals surface area contributed by atoms with Gasteiger partial charge in [-0.1, -0.05) is 6.07 Å². The molecule has 1 aliphatic rings. The molecule has 0 aromatic heterocycles. The van der Waals surface area contributed by atoms with Crippen LogP contribution < -0.4 is 20.5 Å². The molecule has 25 heavy (non-hydrogen) atoms. The Morgan fingerprint density at radius 3 is 2.72 bits per heavy atom. The lowest BCUT2D eigenvalue weighted by molar-refractivity contribution is 0.354. The first-order chi connectivity index (χ1) is 11.8. The Bertz CT molecular complexity index is 721. The van der Waals surface area contributed by atoms with E-state index in [4.69, 9.17) is 15.2 Å². The largest absolute Gasteiger partial charge is 0.493 e. The van der Waals surface area contributed by atoms with E-state index in [2.05, 4.69) is 10.3 Å². The molecule has 0 radical (unpaired) electrons. The van der Waals surface area contributed by atoms with E-state index in [0.29, 0.717) is 31.1 Å². The third kappa shape index (κ3) is 5.23. The van der Waals surface area contributed by atoms with Gasteiger partial charge in [0, 0.05) is 19.1 Å². The SMILES string of the molecule is COc1ccc(CN=C(N)NC[C@H]2CCCN2S(C)(=O)=O)cc1OC. The molecule has 9 heteroatoms. The molecular weight excluding hydrogens is 344 g/mol. The van der Waals surface area contributed by atoms with Crippen LogP contribution >= 0.6 is 0 Å². The standard InChI is InChI=1S/C16H26N4O4S/c1-23-14-7-6-12(9-15(14)24-2)10-18-16(17)19-11-13-5-4-8-20(13)25(3,21)22/h6-7,9,13H,4-5,8,10-11H2,1-3H3,(H3,17,18,19)/t13-/m1/s1. The summed E-state index contributed by atoms with van der Waals surface area (Å²) in [4.78, 5) is 4.29. The normalized spacial score (nSPS) is 19.0. The van der Waals surface area contributed by atoms with Crippen molar-refractivity contribution in [2.45, 2.75) is 25.4 Å². The maximum absolute atomic E-state index is 11.7. The first kappa shape index (κ1) is 19.3. The van der Waals surface area contributed by atoms with Crippen LogP contribution in [0.3, 0.4) is 0 Å². The monoisotopic (exact) mass is 370 g/mol. The Labute approximate surface area is 149 Å². The van der Waals surface area contributed by atoms with E-state index < -0.39 is 10.0 Å². The van der Waals surface area contributed by atoms with Crippen LogP contribution in [0.15, 0.2) is 23.2 Å². The van der Waals surface area contributed by atoms with Crippen LogP contribution in [0.4, 0.5) is 0 Å². The average Bonchev–Trinajstić information content (AvgIpc) is 3.06. The minimum Gasteiger partial charge on any atom is -0.493 e. The van der Waals surface area contributed by atoms with E-state index in [0.717, 1.165) is 18.4 Å². The third-order valence-electron chi connectivity index (χ3n) is 4.15. The number of nitrogens with two attached hydrogens (primary N) is 1. The Balaban J connectivity index is 1.92. The zero-order valence-corrected chi connectivity index (χ0v) is 15.7. The van der Waals surface area contributed by atoms with Gasteiger partial charge in [-0.15, -0.1) is 0 Å². The molecule has 0 aliphatic carbocycles. The summed E-state index contributed by atoms with van der Waals surface area (Å²) in [5.74, 6) is 1.58. The van der Waals surface area contributed by atoms with Crippen molar-refractivity contribution in [3.05, 3.63) is 23.8 Å². The Morgan fingerprint density at radius 2 is 2.08 bits per heavy atom. The van der Waals surface area contributed by atoms with Crippen LogP contribution in [0, 0.1) is 0 Å². The lowest BCUT2D eigenvalue weighted by Crippen LogP contribution is -2.44. The Hall–Kier alpha value is -2.00. The fourth-order valence-corrected chi connectivity index (χ4v) is 4.07. The number of benzene rings is 1. The van der Waals surface area contributed by atoms with E-state index in [1.807, 2.05) is 18.2 Å². The molecule has 1 atom stereocenters. The molecule has 8 nitrogen and oxygen atoms in total. The number of rotatable bonds is 7. The van der Waals surface area contributed by atoms with Gasteiger partial charge in [-0.3, -0.25) is 0 Å². The second kappa shape index (κ2) is 8.39. The highest BCUT2D eigenvalue weighted by molar-refractivity contribution is 7.88. The summed E-state index contributed by atoms with van der Waals surface area (Å²) in [6, 6.07) is 5.47. The molecule has 3 N–H and O–H groups in total.